The van der Waals surface area contributed by atoms with Gasteiger partial charge in [-0.25, -0.2) is 0 Å². The van der Waals surface area contributed by atoms with Crippen molar-refractivity contribution in [1.29, 1.82) is 0 Å². The zero-order valence-corrected chi connectivity index (χ0v) is 12.9. The zero-order chi connectivity index (χ0) is 14.1. The van der Waals surface area contributed by atoms with E-state index in [1.807, 2.05) is 0 Å². The van der Waals surface area contributed by atoms with Gasteiger partial charge in [-0.15, -0.1) is 0 Å². The Hall–Kier alpha value is -0.810. The fourth-order valence-electron chi connectivity index (χ4n) is 2.09. The van der Waals surface area contributed by atoms with Gasteiger partial charge in [0.2, 0.25) is 0 Å². The van der Waals surface area contributed by atoms with Crippen molar-refractivity contribution in [1.82, 2.24) is 15.1 Å². The SMILES string of the molecule is CC(C)CN=C(N)NCCCCN1CCN(C)CC1. The average Bonchev–Trinajstić information content (AvgIpc) is 2.38. The summed E-state index contributed by atoms with van der Waals surface area (Å²) in [5.74, 6) is 1.16. The molecule has 0 aromatic heterocycles. The number of nitrogens with two attached hydrogens (primary N) is 1. The summed E-state index contributed by atoms with van der Waals surface area (Å²) in [7, 11) is 2.19. The van der Waals surface area contributed by atoms with Gasteiger partial charge in [-0.2, -0.15) is 0 Å². The van der Waals surface area contributed by atoms with Crippen LogP contribution in [0.25, 0.3) is 0 Å². The third-order valence-electron chi connectivity index (χ3n) is 3.43. The van der Waals surface area contributed by atoms with Crippen molar-refractivity contribution in [2.24, 2.45) is 16.6 Å². The fraction of sp³-hybridized carbons (Fsp3) is 0.929. The predicted octanol–water partition coefficient (Wildman–Crippen LogP) is 0.574. The number of piperazine rings is 1. The van der Waals surface area contributed by atoms with Gasteiger partial charge in [-0.3, -0.25) is 4.99 Å². The molecule has 0 aromatic rings. The van der Waals surface area contributed by atoms with Crippen LogP contribution >= 0.6 is 0 Å². The molecule has 0 aliphatic carbocycles. The molecule has 1 aliphatic rings. The Morgan fingerprint density at radius 3 is 2.53 bits per heavy atom. The molecule has 0 bridgehead atoms. The number of likely N-dealkylation sites (N-methyl/N-ethyl adjacent to an activating group) is 1. The van der Waals surface area contributed by atoms with E-state index in [0.717, 1.165) is 19.5 Å². The normalized spacial score (nSPS) is 19.1. The summed E-state index contributed by atoms with van der Waals surface area (Å²) in [6, 6.07) is 0. The van der Waals surface area contributed by atoms with Crippen molar-refractivity contribution in [2.45, 2.75) is 26.7 Å². The molecule has 19 heavy (non-hydrogen) atoms. The third-order valence-corrected chi connectivity index (χ3v) is 3.43. The molecule has 1 saturated heterocycles. The van der Waals surface area contributed by atoms with Gasteiger partial charge < -0.3 is 20.9 Å². The first kappa shape index (κ1) is 16.2. The van der Waals surface area contributed by atoms with Crippen molar-refractivity contribution >= 4 is 5.96 Å². The van der Waals surface area contributed by atoms with Crippen molar-refractivity contribution in [3.63, 3.8) is 0 Å². The lowest BCUT2D eigenvalue weighted by molar-refractivity contribution is 0.152. The van der Waals surface area contributed by atoms with Crippen molar-refractivity contribution in [2.75, 3.05) is 52.9 Å². The molecule has 0 saturated carbocycles. The molecule has 0 unspecified atom stereocenters. The number of hydrogen-bond donors (Lipinski definition) is 2. The van der Waals surface area contributed by atoms with E-state index in [-0.39, 0.29) is 0 Å². The summed E-state index contributed by atoms with van der Waals surface area (Å²) in [6.45, 7) is 12.1. The van der Waals surface area contributed by atoms with E-state index < -0.39 is 0 Å². The number of hydrogen-bond acceptors (Lipinski definition) is 3. The smallest absolute Gasteiger partial charge is 0.188 e. The molecule has 0 spiro atoms. The molecule has 1 heterocycles. The van der Waals surface area contributed by atoms with E-state index in [0.29, 0.717) is 11.9 Å². The van der Waals surface area contributed by atoms with E-state index >= 15 is 0 Å². The summed E-state index contributed by atoms with van der Waals surface area (Å²) in [6.07, 6.45) is 2.39. The number of aliphatic imine (C=N–C) groups is 1. The standard InChI is InChI=1S/C14H31N5/c1-13(2)12-17-14(15)16-6-4-5-7-19-10-8-18(3)9-11-19/h13H,4-12H2,1-3H3,(H3,15,16,17). The molecule has 0 aromatic carbocycles. The quantitative estimate of drug-likeness (QED) is 0.403. The molecular weight excluding hydrogens is 238 g/mol. The van der Waals surface area contributed by atoms with Crippen molar-refractivity contribution in [3.05, 3.63) is 0 Å². The first-order chi connectivity index (χ1) is 9.08. The Balaban J connectivity index is 1.97. The van der Waals surface area contributed by atoms with Gasteiger partial charge in [0.25, 0.3) is 0 Å². The minimum absolute atomic E-state index is 0.567. The summed E-state index contributed by atoms with van der Waals surface area (Å²) in [4.78, 5) is 9.23. The van der Waals surface area contributed by atoms with Gasteiger partial charge in [0.1, 0.15) is 0 Å². The third kappa shape index (κ3) is 8.06. The van der Waals surface area contributed by atoms with Gasteiger partial charge >= 0.3 is 0 Å². The van der Waals surface area contributed by atoms with Crippen molar-refractivity contribution < 1.29 is 0 Å². The molecule has 5 nitrogen and oxygen atoms in total. The van der Waals surface area contributed by atoms with E-state index in [1.165, 1.54) is 39.1 Å². The van der Waals surface area contributed by atoms with Gasteiger partial charge in [0.05, 0.1) is 0 Å². The number of rotatable bonds is 7. The molecule has 1 aliphatic heterocycles. The Labute approximate surface area is 118 Å². The summed E-state index contributed by atoms with van der Waals surface area (Å²) in [5, 5.41) is 3.18. The summed E-state index contributed by atoms with van der Waals surface area (Å²) in [5.41, 5.74) is 5.79. The molecule has 1 rings (SSSR count). The van der Waals surface area contributed by atoms with E-state index in [2.05, 4.69) is 41.0 Å². The van der Waals surface area contributed by atoms with Crippen LogP contribution in [0.2, 0.25) is 0 Å². The Morgan fingerprint density at radius 2 is 1.89 bits per heavy atom. The molecule has 0 atom stereocenters. The zero-order valence-electron chi connectivity index (χ0n) is 12.9. The highest BCUT2D eigenvalue weighted by molar-refractivity contribution is 5.77. The lowest BCUT2D eigenvalue weighted by Crippen LogP contribution is -2.44. The maximum atomic E-state index is 5.79. The number of nitrogens with one attached hydrogen (secondary N) is 1. The largest absolute Gasteiger partial charge is 0.370 e. The summed E-state index contributed by atoms with van der Waals surface area (Å²) < 4.78 is 0. The second-order valence-electron chi connectivity index (χ2n) is 5.90. The average molecular weight is 269 g/mol. The highest BCUT2D eigenvalue weighted by Crippen LogP contribution is 2.01. The molecule has 0 amide bonds. The van der Waals surface area contributed by atoms with Crippen molar-refractivity contribution in [3.8, 4) is 0 Å². The lowest BCUT2D eigenvalue weighted by Gasteiger charge is -2.32. The van der Waals surface area contributed by atoms with Crippen LogP contribution in [0.4, 0.5) is 0 Å². The van der Waals surface area contributed by atoms with Gasteiger partial charge in [-0.1, -0.05) is 13.8 Å². The molecule has 1 fully saturated rings. The van der Waals surface area contributed by atoms with Crippen LogP contribution in [0, 0.1) is 5.92 Å². The lowest BCUT2D eigenvalue weighted by atomic mass is 10.2. The predicted molar refractivity (Wildman–Crippen MR) is 82.5 cm³/mol. The second-order valence-corrected chi connectivity index (χ2v) is 5.90. The van der Waals surface area contributed by atoms with E-state index in [4.69, 9.17) is 5.73 Å². The van der Waals surface area contributed by atoms with Crippen LogP contribution in [0.15, 0.2) is 4.99 Å². The second kappa shape index (κ2) is 9.15. The molecular formula is C14H31N5. The molecule has 3 N–H and O–H groups in total. The van der Waals surface area contributed by atoms with Gasteiger partial charge in [0, 0.05) is 39.3 Å². The molecule has 112 valence electrons. The summed E-state index contributed by atoms with van der Waals surface area (Å²) >= 11 is 0. The molecule has 5 heteroatoms. The monoisotopic (exact) mass is 269 g/mol. The Morgan fingerprint density at radius 1 is 1.21 bits per heavy atom. The van der Waals surface area contributed by atoms with Gasteiger partial charge in [-0.05, 0) is 32.4 Å². The minimum Gasteiger partial charge on any atom is -0.370 e. The van der Waals surface area contributed by atoms with Crippen LogP contribution in [0.1, 0.15) is 26.7 Å². The maximum Gasteiger partial charge on any atom is 0.188 e. The molecule has 0 radical (unpaired) electrons. The highest BCUT2D eigenvalue weighted by Gasteiger charge is 2.12. The fourth-order valence-corrected chi connectivity index (χ4v) is 2.09. The number of guanidine groups is 1. The maximum absolute atomic E-state index is 5.79. The highest BCUT2D eigenvalue weighted by atomic mass is 15.2. The Kier molecular flexibility index (Phi) is 7.82. The minimum atomic E-state index is 0.567. The van der Waals surface area contributed by atoms with Crippen LogP contribution < -0.4 is 11.1 Å². The van der Waals surface area contributed by atoms with Gasteiger partial charge in [0.15, 0.2) is 5.96 Å². The van der Waals surface area contributed by atoms with Crippen LogP contribution in [0.3, 0.4) is 0 Å². The number of unbranched alkanes of at least 4 members (excludes halogenated alkanes) is 1. The Bertz CT molecular complexity index is 257. The van der Waals surface area contributed by atoms with Crippen LogP contribution in [-0.4, -0.2) is 68.6 Å². The number of nitrogens with zero attached hydrogens (tertiary/aromatic N) is 3. The first-order valence-electron chi connectivity index (χ1n) is 7.52. The van der Waals surface area contributed by atoms with Crippen LogP contribution in [-0.2, 0) is 0 Å². The van der Waals surface area contributed by atoms with E-state index in [9.17, 15) is 0 Å². The van der Waals surface area contributed by atoms with E-state index in [1.54, 1.807) is 0 Å². The van der Waals surface area contributed by atoms with Crippen LogP contribution in [0.5, 0.6) is 0 Å². The first-order valence-corrected chi connectivity index (χ1v) is 7.52. The topological polar surface area (TPSA) is 56.9 Å².